The molecular weight excluding hydrogens is 336 g/mol. The van der Waals surface area contributed by atoms with Crippen molar-refractivity contribution in [2.75, 3.05) is 5.32 Å². The van der Waals surface area contributed by atoms with Gasteiger partial charge in [0, 0.05) is 29.0 Å². The van der Waals surface area contributed by atoms with E-state index in [4.69, 9.17) is 0 Å². The molecule has 134 valence electrons. The van der Waals surface area contributed by atoms with E-state index in [1.807, 2.05) is 68.4 Å². The van der Waals surface area contributed by atoms with E-state index in [9.17, 15) is 5.11 Å². The third kappa shape index (κ3) is 3.44. The van der Waals surface area contributed by atoms with Crippen LogP contribution >= 0.6 is 0 Å². The highest BCUT2D eigenvalue weighted by molar-refractivity contribution is 5.85. The average Bonchev–Trinajstić information content (AvgIpc) is 2.67. The third-order valence-electron chi connectivity index (χ3n) is 4.50. The van der Waals surface area contributed by atoms with Gasteiger partial charge >= 0.3 is 0 Å². The summed E-state index contributed by atoms with van der Waals surface area (Å²) in [5, 5.41) is 15.2. The van der Waals surface area contributed by atoms with E-state index in [1.54, 1.807) is 12.4 Å². The predicted octanol–water partition coefficient (Wildman–Crippen LogP) is 4.55. The van der Waals surface area contributed by atoms with Gasteiger partial charge in [0.2, 0.25) is 0 Å². The van der Waals surface area contributed by atoms with Gasteiger partial charge in [-0.2, -0.15) is 0 Å². The van der Waals surface area contributed by atoms with Crippen LogP contribution in [0, 0.1) is 13.8 Å². The van der Waals surface area contributed by atoms with Crippen LogP contribution < -0.4 is 5.32 Å². The van der Waals surface area contributed by atoms with Crippen LogP contribution in [0.4, 0.5) is 5.82 Å². The first-order valence-electron chi connectivity index (χ1n) is 8.81. The molecule has 0 saturated carbocycles. The van der Waals surface area contributed by atoms with Gasteiger partial charge in [-0.15, -0.1) is 0 Å². The van der Waals surface area contributed by atoms with Crippen molar-refractivity contribution >= 4 is 16.7 Å². The van der Waals surface area contributed by atoms with Crippen molar-refractivity contribution in [1.82, 2.24) is 15.0 Å². The summed E-state index contributed by atoms with van der Waals surface area (Å²) in [5.41, 5.74) is 4.11. The average molecular weight is 356 g/mol. The Balaban J connectivity index is 1.86. The molecule has 0 aliphatic heterocycles. The highest BCUT2D eigenvalue weighted by Gasteiger charge is 2.21. The van der Waals surface area contributed by atoms with E-state index in [2.05, 4.69) is 20.3 Å². The number of rotatable bonds is 4. The molecule has 0 unspecified atom stereocenters. The summed E-state index contributed by atoms with van der Waals surface area (Å²) in [5.74, 6) is 0.880. The Labute approximate surface area is 157 Å². The number of phenols is 1. The molecule has 1 atom stereocenters. The van der Waals surface area contributed by atoms with E-state index >= 15 is 0 Å². The fourth-order valence-corrected chi connectivity index (χ4v) is 3.18. The third-order valence-corrected chi connectivity index (χ3v) is 4.50. The molecule has 1 aromatic carbocycles. The Kier molecular flexibility index (Phi) is 4.42. The van der Waals surface area contributed by atoms with Crippen LogP contribution in [0.1, 0.15) is 28.6 Å². The zero-order valence-electron chi connectivity index (χ0n) is 15.2. The first kappa shape index (κ1) is 17.0. The van der Waals surface area contributed by atoms with Crippen LogP contribution in [0.15, 0.2) is 67.0 Å². The standard InChI is InChI=1S/C22H20N4O/c1-14-10-12-23-19(13-14)26-21(18-7-3-5-15(2)25-18)17-9-8-16-6-4-11-24-20(16)22(17)27/h3-13,21,27H,1-2H3,(H,23,26)/t21-/m1/s1. The molecular formula is C22H20N4O. The lowest BCUT2D eigenvalue weighted by Gasteiger charge is -2.21. The topological polar surface area (TPSA) is 70.9 Å². The monoisotopic (exact) mass is 356 g/mol. The van der Waals surface area contributed by atoms with E-state index in [0.29, 0.717) is 11.1 Å². The Hall–Kier alpha value is -3.47. The zero-order valence-corrected chi connectivity index (χ0v) is 15.2. The molecule has 4 aromatic rings. The van der Waals surface area contributed by atoms with Crippen molar-refractivity contribution in [3.63, 3.8) is 0 Å². The van der Waals surface area contributed by atoms with Gasteiger partial charge in [-0.3, -0.25) is 9.97 Å². The van der Waals surface area contributed by atoms with E-state index < -0.39 is 0 Å². The Morgan fingerprint density at radius 2 is 1.81 bits per heavy atom. The Morgan fingerprint density at radius 3 is 2.63 bits per heavy atom. The van der Waals surface area contributed by atoms with E-state index in [0.717, 1.165) is 28.2 Å². The second kappa shape index (κ2) is 7.03. The minimum atomic E-state index is -0.356. The molecule has 0 bridgehead atoms. The van der Waals surface area contributed by atoms with Crippen molar-refractivity contribution in [3.05, 3.63) is 89.5 Å². The lowest BCUT2D eigenvalue weighted by Crippen LogP contribution is -2.15. The van der Waals surface area contributed by atoms with Gasteiger partial charge in [-0.25, -0.2) is 4.98 Å². The maximum atomic E-state index is 10.9. The number of fused-ring (bicyclic) bond motifs is 1. The molecule has 0 spiro atoms. The number of anilines is 1. The van der Waals surface area contributed by atoms with Gasteiger partial charge in [-0.1, -0.05) is 24.3 Å². The number of pyridine rings is 3. The van der Waals surface area contributed by atoms with Crippen LogP contribution in [0.2, 0.25) is 0 Å². The number of nitrogens with one attached hydrogen (secondary N) is 1. The summed E-state index contributed by atoms with van der Waals surface area (Å²) >= 11 is 0. The number of hydrogen-bond acceptors (Lipinski definition) is 5. The summed E-state index contributed by atoms with van der Waals surface area (Å²) in [7, 11) is 0. The summed E-state index contributed by atoms with van der Waals surface area (Å²) in [6.07, 6.45) is 3.45. The molecule has 3 heterocycles. The molecule has 0 amide bonds. The first-order valence-corrected chi connectivity index (χ1v) is 8.81. The molecule has 5 heteroatoms. The molecule has 5 nitrogen and oxygen atoms in total. The Bertz CT molecular complexity index is 1110. The number of benzene rings is 1. The molecule has 0 radical (unpaired) electrons. The molecule has 0 fully saturated rings. The molecule has 27 heavy (non-hydrogen) atoms. The van der Waals surface area contributed by atoms with Crippen LogP contribution in [-0.4, -0.2) is 20.1 Å². The molecule has 2 N–H and O–H groups in total. The van der Waals surface area contributed by atoms with Crippen molar-refractivity contribution in [3.8, 4) is 5.75 Å². The number of aromatic nitrogens is 3. The van der Waals surface area contributed by atoms with Gasteiger partial charge in [0.25, 0.3) is 0 Å². The highest BCUT2D eigenvalue weighted by Crippen LogP contribution is 2.35. The maximum Gasteiger partial charge on any atom is 0.147 e. The van der Waals surface area contributed by atoms with Crippen molar-refractivity contribution in [1.29, 1.82) is 0 Å². The van der Waals surface area contributed by atoms with Crippen LogP contribution in [0.5, 0.6) is 5.75 Å². The van der Waals surface area contributed by atoms with Gasteiger partial charge in [0.1, 0.15) is 17.1 Å². The lowest BCUT2D eigenvalue weighted by molar-refractivity contribution is 0.471. The minimum absolute atomic E-state index is 0.154. The van der Waals surface area contributed by atoms with Gasteiger partial charge in [-0.05, 0) is 49.7 Å². The number of phenolic OH excluding ortho intramolecular Hbond substituents is 1. The van der Waals surface area contributed by atoms with E-state index in [-0.39, 0.29) is 11.8 Å². The fraction of sp³-hybridized carbons (Fsp3) is 0.136. The fourth-order valence-electron chi connectivity index (χ4n) is 3.18. The number of hydrogen-bond donors (Lipinski definition) is 2. The number of nitrogens with zero attached hydrogens (tertiary/aromatic N) is 3. The number of aromatic hydroxyl groups is 1. The van der Waals surface area contributed by atoms with Crippen LogP contribution in [-0.2, 0) is 0 Å². The largest absolute Gasteiger partial charge is 0.505 e. The lowest BCUT2D eigenvalue weighted by atomic mass is 9.99. The molecule has 0 aliphatic carbocycles. The summed E-state index contributed by atoms with van der Waals surface area (Å²) in [4.78, 5) is 13.4. The van der Waals surface area contributed by atoms with Gasteiger partial charge < -0.3 is 10.4 Å². The quantitative estimate of drug-likeness (QED) is 0.561. The second-order valence-electron chi connectivity index (χ2n) is 6.58. The van der Waals surface area contributed by atoms with Gasteiger partial charge in [0.05, 0.1) is 11.7 Å². The van der Waals surface area contributed by atoms with Crippen molar-refractivity contribution < 1.29 is 5.11 Å². The van der Waals surface area contributed by atoms with Gasteiger partial charge in [0.15, 0.2) is 0 Å². The molecule has 4 rings (SSSR count). The first-order chi connectivity index (χ1) is 13.1. The molecule has 3 aromatic heterocycles. The van der Waals surface area contributed by atoms with Crippen LogP contribution in [0.25, 0.3) is 10.9 Å². The predicted molar refractivity (Wildman–Crippen MR) is 107 cm³/mol. The van der Waals surface area contributed by atoms with E-state index in [1.165, 1.54) is 0 Å². The summed E-state index contributed by atoms with van der Waals surface area (Å²) < 4.78 is 0. The SMILES string of the molecule is Cc1ccnc(N[C@@H](c2cccc(C)n2)c2ccc3cccnc3c2O)c1. The normalized spacial score (nSPS) is 12.1. The smallest absolute Gasteiger partial charge is 0.147 e. The maximum absolute atomic E-state index is 10.9. The zero-order chi connectivity index (χ0) is 18.8. The van der Waals surface area contributed by atoms with Crippen molar-refractivity contribution in [2.45, 2.75) is 19.9 Å². The molecule has 0 aliphatic rings. The number of aryl methyl sites for hydroxylation is 2. The Morgan fingerprint density at radius 1 is 0.926 bits per heavy atom. The highest BCUT2D eigenvalue weighted by atomic mass is 16.3. The summed E-state index contributed by atoms with van der Waals surface area (Å²) in [6, 6.07) is 17.1. The minimum Gasteiger partial charge on any atom is -0.505 e. The van der Waals surface area contributed by atoms with Crippen molar-refractivity contribution in [2.24, 2.45) is 0 Å². The molecule has 0 saturated heterocycles. The second-order valence-corrected chi connectivity index (χ2v) is 6.58. The van der Waals surface area contributed by atoms with Crippen LogP contribution in [0.3, 0.4) is 0 Å². The summed E-state index contributed by atoms with van der Waals surface area (Å²) in [6.45, 7) is 3.97.